The Morgan fingerprint density at radius 2 is 1.73 bits per heavy atom. The number of benzene rings is 2. The molecule has 0 atom stereocenters. The van der Waals surface area contributed by atoms with E-state index in [4.69, 9.17) is 16.3 Å². The predicted octanol–water partition coefficient (Wildman–Crippen LogP) is 3.86. The number of hydrogen-bond donors (Lipinski definition) is 1. The summed E-state index contributed by atoms with van der Waals surface area (Å²) < 4.78 is 5.10. The third kappa shape index (κ3) is 2.73. The number of H-pyrrole nitrogens is 1. The Morgan fingerprint density at radius 3 is 2.55 bits per heavy atom. The van der Waals surface area contributed by atoms with E-state index in [1.807, 2.05) is 24.3 Å². The molecule has 0 aliphatic rings. The lowest BCUT2D eigenvalue weighted by Crippen LogP contribution is -2.14. The number of fused-ring (bicyclic) bond motifs is 1. The van der Waals surface area contributed by atoms with Gasteiger partial charge in [0.2, 0.25) is 5.78 Å². The number of aromatic amines is 1. The lowest BCUT2D eigenvalue weighted by Gasteiger charge is -2.05. The van der Waals surface area contributed by atoms with Crippen LogP contribution < -0.4 is 0 Å². The van der Waals surface area contributed by atoms with Gasteiger partial charge in [-0.3, -0.25) is 4.79 Å². The van der Waals surface area contributed by atoms with E-state index < -0.39 is 5.97 Å². The second kappa shape index (κ2) is 6.03. The van der Waals surface area contributed by atoms with Gasteiger partial charge in [0.15, 0.2) is 6.61 Å². The van der Waals surface area contributed by atoms with Gasteiger partial charge >= 0.3 is 5.97 Å². The van der Waals surface area contributed by atoms with Crippen LogP contribution in [0.25, 0.3) is 10.9 Å². The molecule has 1 heterocycles. The molecule has 110 valence electrons. The minimum atomic E-state index is -0.544. The minimum Gasteiger partial charge on any atom is -0.454 e. The van der Waals surface area contributed by atoms with E-state index in [1.165, 1.54) is 0 Å². The van der Waals surface area contributed by atoms with Crippen molar-refractivity contribution in [1.82, 2.24) is 4.98 Å². The molecule has 4 nitrogen and oxygen atoms in total. The number of esters is 1. The Labute approximate surface area is 131 Å². The zero-order valence-electron chi connectivity index (χ0n) is 11.5. The maximum atomic E-state index is 12.1. The average molecular weight is 314 g/mol. The number of Topliss-reactive ketones (excluding diaryl/α,β-unsaturated/α-hetero) is 1. The largest absolute Gasteiger partial charge is 0.454 e. The van der Waals surface area contributed by atoms with Gasteiger partial charge < -0.3 is 9.72 Å². The minimum absolute atomic E-state index is 0.334. The van der Waals surface area contributed by atoms with Gasteiger partial charge in [-0.1, -0.05) is 41.9 Å². The molecule has 0 aliphatic heterocycles. The molecule has 0 spiro atoms. The van der Waals surface area contributed by atoms with Crippen molar-refractivity contribution in [3.63, 3.8) is 0 Å². The van der Waals surface area contributed by atoms with Crippen LogP contribution in [0.1, 0.15) is 20.7 Å². The lowest BCUT2D eigenvalue weighted by molar-refractivity contribution is 0.0477. The molecule has 0 fully saturated rings. The third-order valence-electron chi connectivity index (χ3n) is 3.32. The number of carbonyl (C=O) groups excluding carboxylic acids is 2. The monoisotopic (exact) mass is 313 g/mol. The summed E-state index contributed by atoms with van der Waals surface area (Å²) in [6, 6.07) is 14.0. The number of ketones is 1. The van der Waals surface area contributed by atoms with Crippen molar-refractivity contribution in [2.24, 2.45) is 0 Å². The molecule has 0 unspecified atom stereocenters. The SMILES string of the molecule is O=C(COC(=O)c1c[nH]c2ccccc12)c1ccccc1Cl. The topological polar surface area (TPSA) is 59.2 Å². The van der Waals surface area contributed by atoms with Crippen LogP contribution in [0.2, 0.25) is 5.02 Å². The van der Waals surface area contributed by atoms with Gasteiger partial charge in [0.25, 0.3) is 0 Å². The van der Waals surface area contributed by atoms with Gasteiger partial charge in [0.1, 0.15) is 0 Å². The Morgan fingerprint density at radius 1 is 1.00 bits per heavy atom. The number of aromatic nitrogens is 1. The molecule has 0 aliphatic carbocycles. The highest BCUT2D eigenvalue weighted by molar-refractivity contribution is 6.34. The molecular weight excluding hydrogens is 302 g/mol. The first-order chi connectivity index (χ1) is 10.7. The van der Waals surface area contributed by atoms with Crippen LogP contribution in [-0.2, 0) is 4.74 Å². The van der Waals surface area contributed by atoms with E-state index in [0.717, 1.165) is 10.9 Å². The van der Waals surface area contributed by atoms with Crippen molar-refractivity contribution in [1.29, 1.82) is 0 Å². The molecule has 0 saturated carbocycles. The van der Waals surface area contributed by atoms with Crippen LogP contribution in [0.3, 0.4) is 0 Å². The molecule has 1 N–H and O–H groups in total. The fourth-order valence-electron chi connectivity index (χ4n) is 2.21. The van der Waals surface area contributed by atoms with Gasteiger partial charge in [-0.15, -0.1) is 0 Å². The Balaban J connectivity index is 1.73. The predicted molar refractivity (Wildman–Crippen MR) is 84.4 cm³/mol. The summed E-state index contributed by atoms with van der Waals surface area (Å²) in [7, 11) is 0. The molecule has 1 aromatic heterocycles. The average Bonchev–Trinajstić information content (AvgIpc) is 2.97. The van der Waals surface area contributed by atoms with E-state index in [1.54, 1.807) is 30.5 Å². The summed E-state index contributed by atoms with van der Waals surface area (Å²) in [5, 5.41) is 1.10. The zero-order chi connectivity index (χ0) is 15.5. The van der Waals surface area contributed by atoms with Crippen molar-refractivity contribution in [2.75, 3.05) is 6.61 Å². The number of ether oxygens (including phenoxy) is 1. The van der Waals surface area contributed by atoms with Gasteiger partial charge in [0.05, 0.1) is 10.6 Å². The third-order valence-corrected chi connectivity index (χ3v) is 3.65. The summed E-state index contributed by atoms with van der Waals surface area (Å²) in [6.45, 7) is -0.345. The molecule has 3 rings (SSSR count). The molecule has 0 amide bonds. The summed E-state index contributed by atoms with van der Waals surface area (Å²) in [5.41, 5.74) is 1.59. The van der Waals surface area contributed by atoms with E-state index in [0.29, 0.717) is 16.1 Å². The highest BCUT2D eigenvalue weighted by Crippen LogP contribution is 2.19. The molecule has 0 radical (unpaired) electrons. The fraction of sp³-hybridized carbons (Fsp3) is 0.0588. The maximum absolute atomic E-state index is 12.1. The number of nitrogens with one attached hydrogen (secondary N) is 1. The van der Waals surface area contributed by atoms with Crippen LogP contribution in [0.5, 0.6) is 0 Å². The van der Waals surface area contributed by atoms with E-state index >= 15 is 0 Å². The molecule has 2 aromatic carbocycles. The van der Waals surface area contributed by atoms with E-state index in [2.05, 4.69) is 4.98 Å². The van der Waals surface area contributed by atoms with Crippen LogP contribution in [0.15, 0.2) is 54.7 Å². The van der Waals surface area contributed by atoms with Crippen LogP contribution in [-0.4, -0.2) is 23.3 Å². The Kier molecular flexibility index (Phi) is 3.94. The normalized spacial score (nSPS) is 10.6. The summed E-state index contributed by atoms with van der Waals surface area (Å²) in [4.78, 5) is 27.1. The van der Waals surface area contributed by atoms with Crippen LogP contribution >= 0.6 is 11.6 Å². The number of hydrogen-bond acceptors (Lipinski definition) is 3. The van der Waals surface area contributed by atoms with Crippen molar-refractivity contribution in [3.8, 4) is 0 Å². The highest BCUT2D eigenvalue weighted by Gasteiger charge is 2.16. The van der Waals surface area contributed by atoms with Crippen molar-refractivity contribution >= 4 is 34.3 Å². The Hall–Kier alpha value is -2.59. The van der Waals surface area contributed by atoms with Crippen molar-refractivity contribution < 1.29 is 14.3 Å². The smallest absolute Gasteiger partial charge is 0.340 e. The summed E-state index contributed by atoms with van der Waals surface area (Å²) in [5.74, 6) is -0.878. The van der Waals surface area contributed by atoms with Crippen LogP contribution in [0.4, 0.5) is 0 Å². The lowest BCUT2D eigenvalue weighted by atomic mass is 10.1. The van der Waals surface area contributed by atoms with Crippen LogP contribution in [0, 0.1) is 0 Å². The standard InChI is InChI=1S/C17H12ClNO3/c18-14-7-3-1-6-12(14)16(20)10-22-17(21)13-9-19-15-8-4-2-5-11(13)15/h1-9,19H,10H2. The number of carbonyl (C=O) groups is 2. The van der Waals surface area contributed by atoms with Gasteiger partial charge in [-0.05, 0) is 18.2 Å². The van der Waals surface area contributed by atoms with Gasteiger partial charge in [0, 0.05) is 22.7 Å². The number of rotatable bonds is 4. The number of para-hydroxylation sites is 1. The Bertz CT molecular complexity index is 854. The molecule has 22 heavy (non-hydrogen) atoms. The summed E-state index contributed by atoms with van der Waals surface area (Å²) >= 11 is 5.95. The zero-order valence-corrected chi connectivity index (χ0v) is 12.3. The van der Waals surface area contributed by atoms with E-state index in [9.17, 15) is 9.59 Å². The van der Waals surface area contributed by atoms with Gasteiger partial charge in [-0.25, -0.2) is 4.79 Å². The van der Waals surface area contributed by atoms with Gasteiger partial charge in [-0.2, -0.15) is 0 Å². The number of halogens is 1. The first-order valence-electron chi connectivity index (χ1n) is 6.68. The molecule has 0 saturated heterocycles. The van der Waals surface area contributed by atoms with E-state index in [-0.39, 0.29) is 12.4 Å². The first kappa shape index (κ1) is 14.4. The summed E-state index contributed by atoms with van der Waals surface area (Å²) in [6.07, 6.45) is 1.58. The molecule has 3 aromatic rings. The molecular formula is C17H12ClNO3. The first-order valence-corrected chi connectivity index (χ1v) is 7.05. The second-order valence-corrected chi connectivity index (χ2v) is 5.13. The molecule has 5 heteroatoms. The van der Waals surface area contributed by atoms with Crippen molar-refractivity contribution in [2.45, 2.75) is 0 Å². The maximum Gasteiger partial charge on any atom is 0.340 e. The quantitative estimate of drug-likeness (QED) is 0.587. The highest BCUT2D eigenvalue weighted by atomic mass is 35.5. The fourth-order valence-corrected chi connectivity index (χ4v) is 2.46. The second-order valence-electron chi connectivity index (χ2n) is 4.73. The van der Waals surface area contributed by atoms with Crippen molar-refractivity contribution in [3.05, 3.63) is 70.9 Å². The molecule has 0 bridgehead atoms.